The zero-order valence-corrected chi connectivity index (χ0v) is 11.2. The van der Waals surface area contributed by atoms with Gasteiger partial charge in [-0.15, -0.1) is 0 Å². The molecule has 0 atom stereocenters. The molecule has 1 fully saturated rings. The van der Waals surface area contributed by atoms with Crippen LogP contribution in [0.15, 0.2) is 10.6 Å². The molecule has 0 radical (unpaired) electrons. The van der Waals surface area contributed by atoms with E-state index in [1.165, 1.54) is 4.90 Å². The van der Waals surface area contributed by atoms with Crippen LogP contribution in [0.5, 0.6) is 0 Å². The fourth-order valence-corrected chi connectivity index (χ4v) is 2.30. The first kappa shape index (κ1) is 13.1. The van der Waals surface area contributed by atoms with Gasteiger partial charge in [0.1, 0.15) is 17.2 Å². The first-order chi connectivity index (χ1) is 8.35. The number of rotatable bonds is 5. The molecule has 0 aliphatic heterocycles. The molecule has 1 aliphatic rings. The van der Waals surface area contributed by atoms with E-state index in [0.29, 0.717) is 11.6 Å². The van der Waals surface area contributed by atoms with Gasteiger partial charge in [-0.3, -0.25) is 4.79 Å². The van der Waals surface area contributed by atoms with Crippen LogP contribution in [0.2, 0.25) is 0 Å². The average molecular weight is 272 g/mol. The molecule has 0 unspecified atom stereocenters. The van der Waals surface area contributed by atoms with Gasteiger partial charge in [-0.05, 0) is 12.8 Å². The van der Waals surface area contributed by atoms with Crippen molar-refractivity contribution in [3.63, 3.8) is 0 Å². The summed E-state index contributed by atoms with van der Waals surface area (Å²) in [6.45, 7) is 0.268. The fourth-order valence-electron chi connectivity index (χ4n) is 1.63. The van der Waals surface area contributed by atoms with Crippen LogP contribution in [0.4, 0.5) is 0 Å². The third kappa shape index (κ3) is 3.56. The van der Waals surface area contributed by atoms with Crippen molar-refractivity contribution >= 4 is 15.7 Å². The number of amides is 1. The fraction of sp³-hybridized carbons (Fsp3) is 0.636. The second-order valence-corrected chi connectivity index (χ2v) is 6.95. The normalized spacial score (nSPS) is 15.7. The monoisotopic (exact) mass is 272 g/mol. The van der Waals surface area contributed by atoms with Gasteiger partial charge in [0.05, 0.1) is 6.54 Å². The molecule has 1 amide bonds. The maximum Gasteiger partial charge on any atom is 0.237 e. The van der Waals surface area contributed by atoms with Gasteiger partial charge in [0.15, 0.2) is 9.84 Å². The number of sulfone groups is 1. The largest absolute Gasteiger partial charge is 0.361 e. The summed E-state index contributed by atoms with van der Waals surface area (Å²) in [5.74, 6) is 0.419. The molecule has 1 aromatic heterocycles. The van der Waals surface area contributed by atoms with Crippen molar-refractivity contribution in [1.82, 2.24) is 10.1 Å². The summed E-state index contributed by atoms with van der Waals surface area (Å²) < 4.78 is 27.2. The quantitative estimate of drug-likeness (QED) is 0.782. The minimum absolute atomic E-state index is 0.268. The predicted molar refractivity (Wildman–Crippen MR) is 64.7 cm³/mol. The molecule has 0 saturated heterocycles. The summed E-state index contributed by atoms with van der Waals surface area (Å²) in [7, 11) is -1.74. The van der Waals surface area contributed by atoms with Crippen LogP contribution in [0.3, 0.4) is 0 Å². The summed E-state index contributed by atoms with van der Waals surface area (Å²) in [6, 6.07) is 1.84. The lowest BCUT2D eigenvalue weighted by Crippen LogP contribution is -2.31. The maximum absolute atomic E-state index is 11.6. The lowest BCUT2D eigenvalue weighted by Gasteiger charge is -2.14. The Bertz CT molecular complexity index is 545. The highest BCUT2D eigenvalue weighted by Gasteiger charge is 2.28. The van der Waals surface area contributed by atoms with Crippen LogP contribution < -0.4 is 0 Å². The molecular formula is C11H16N2O4S. The zero-order valence-electron chi connectivity index (χ0n) is 10.4. The van der Waals surface area contributed by atoms with E-state index in [1.54, 1.807) is 7.05 Å². The van der Waals surface area contributed by atoms with Gasteiger partial charge in [-0.2, -0.15) is 0 Å². The standard InChI is InChI=1S/C11H16N2O4S/c1-13(11(14)7-18(2,15)16)6-9-5-10(17-12-9)8-3-4-8/h5,8H,3-4,6-7H2,1-2H3. The maximum atomic E-state index is 11.6. The highest BCUT2D eigenvalue weighted by Crippen LogP contribution is 2.40. The number of carbonyl (C=O) groups excluding carboxylic acids is 1. The van der Waals surface area contributed by atoms with E-state index < -0.39 is 21.5 Å². The smallest absolute Gasteiger partial charge is 0.237 e. The van der Waals surface area contributed by atoms with Crippen LogP contribution in [0.1, 0.15) is 30.2 Å². The summed E-state index contributed by atoms with van der Waals surface area (Å²) in [5, 5.41) is 3.88. The van der Waals surface area contributed by atoms with Crippen molar-refractivity contribution in [1.29, 1.82) is 0 Å². The van der Waals surface area contributed by atoms with E-state index in [4.69, 9.17) is 4.52 Å². The van der Waals surface area contributed by atoms with E-state index in [2.05, 4.69) is 5.16 Å². The molecular weight excluding hydrogens is 256 g/mol. The van der Waals surface area contributed by atoms with Crippen molar-refractivity contribution in [2.75, 3.05) is 19.1 Å². The van der Waals surface area contributed by atoms with Gasteiger partial charge in [-0.25, -0.2) is 8.42 Å². The van der Waals surface area contributed by atoms with Crippen molar-refractivity contribution in [2.24, 2.45) is 0 Å². The molecule has 7 heteroatoms. The Balaban J connectivity index is 1.93. The van der Waals surface area contributed by atoms with E-state index >= 15 is 0 Å². The molecule has 0 N–H and O–H groups in total. The van der Waals surface area contributed by atoms with E-state index in [1.807, 2.05) is 6.07 Å². The number of aromatic nitrogens is 1. The van der Waals surface area contributed by atoms with Gasteiger partial charge >= 0.3 is 0 Å². The first-order valence-corrected chi connectivity index (χ1v) is 7.78. The lowest BCUT2D eigenvalue weighted by atomic mass is 10.3. The van der Waals surface area contributed by atoms with Gasteiger partial charge in [-0.1, -0.05) is 5.16 Å². The summed E-state index contributed by atoms with van der Waals surface area (Å²) in [4.78, 5) is 12.9. The lowest BCUT2D eigenvalue weighted by molar-refractivity contribution is -0.127. The SMILES string of the molecule is CN(Cc1cc(C2CC2)on1)C(=O)CS(C)(=O)=O. The zero-order chi connectivity index (χ0) is 13.3. The highest BCUT2D eigenvalue weighted by molar-refractivity contribution is 7.91. The number of hydrogen-bond acceptors (Lipinski definition) is 5. The topological polar surface area (TPSA) is 80.5 Å². The molecule has 0 aromatic carbocycles. The minimum Gasteiger partial charge on any atom is -0.361 e. The molecule has 1 aromatic rings. The van der Waals surface area contributed by atoms with Gasteiger partial charge in [0.2, 0.25) is 5.91 Å². The van der Waals surface area contributed by atoms with E-state index in [-0.39, 0.29) is 6.54 Å². The van der Waals surface area contributed by atoms with E-state index in [0.717, 1.165) is 24.9 Å². The van der Waals surface area contributed by atoms with Crippen LogP contribution in [-0.2, 0) is 21.2 Å². The molecule has 0 spiro atoms. The number of hydrogen-bond donors (Lipinski definition) is 0. The van der Waals surface area contributed by atoms with Gasteiger partial charge in [0.25, 0.3) is 0 Å². The molecule has 100 valence electrons. The van der Waals surface area contributed by atoms with Crippen molar-refractivity contribution in [3.8, 4) is 0 Å². The second kappa shape index (κ2) is 4.72. The minimum atomic E-state index is -3.29. The number of carbonyl (C=O) groups is 1. The predicted octanol–water partition coefficient (Wildman–Crippen LogP) is 0.555. The summed E-state index contributed by atoms with van der Waals surface area (Å²) in [6.07, 6.45) is 3.29. The third-order valence-electron chi connectivity index (χ3n) is 2.77. The molecule has 2 rings (SSSR count). The van der Waals surface area contributed by atoms with Gasteiger partial charge < -0.3 is 9.42 Å². The molecule has 1 heterocycles. The van der Waals surface area contributed by atoms with Crippen molar-refractivity contribution in [3.05, 3.63) is 17.5 Å². The average Bonchev–Trinajstić information content (AvgIpc) is 2.98. The number of nitrogens with zero attached hydrogens (tertiary/aromatic N) is 2. The highest BCUT2D eigenvalue weighted by atomic mass is 32.2. The molecule has 1 aliphatic carbocycles. The first-order valence-electron chi connectivity index (χ1n) is 5.72. The third-order valence-corrected chi connectivity index (χ3v) is 3.54. The van der Waals surface area contributed by atoms with Crippen molar-refractivity contribution in [2.45, 2.75) is 25.3 Å². The Morgan fingerprint density at radius 3 is 2.78 bits per heavy atom. The van der Waals surface area contributed by atoms with Crippen molar-refractivity contribution < 1.29 is 17.7 Å². The van der Waals surface area contributed by atoms with Crippen LogP contribution >= 0.6 is 0 Å². The molecule has 6 nitrogen and oxygen atoms in total. The Hall–Kier alpha value is -1.37. The second-order valence-electron chi connectivity index (χ2n) is 4.81. The van der Waals surface area contributed by atoms with Crippen LogP contribution in [0.25, 0.3) is 0 Å². The molecule has 18 heavy (non-hydrogen) atoms. The Labute approximate surface area is 106 Å². The Morgan fingerprint density at radius 2 is 2.22 bits per heavy atom. The summed E-state index contributed by atoms with van der Waals surface area (Å²) >= 11 is 0. The van der Waals surface area contributed by atoms with E-state index in [9.17, 15) is 13.2 Å². The van der Waals surface area contributed by atoms with Crippen LogP contribution in [0, 0.1) is 0 Å². The molecule has 0 bridgehead atoms. The van der Waals surface area contributed by atoms with Crippen LogP contribution in [-0.4, -0.2) is 43.4 Å². The summed E-state index contributed by atoms with van der Waals surface area (Å²) in [5.41, 5.74) is 0.654. The molecule has 1 saturated carbocycles. The Morgan fingerprint density at radius 1 is 1.56 bits per heavy atom. The Kier molecular flexibility index (Phi) is 3.43. The van der Waals surface area contributed by atoms with Gasteiger partial charge in [0, 0.05) is 25.3 Å².